The SMILES string of the molecule is COc1ccc2cc(OCCCCCCCCBr)ccc2c1C. The summed E-state index contributed by atoms with van der Waals surface area (Å²) in [4.78, 5) is 0. The number of benzene rings is 2. The molecule has 0 N–H and O–H groups in total. The fourth-order valence-corrected chi connectivity index (χ4v) is 3.24. The van der Waals surface area contributed by atoms with E-state index < -0.39 is 0 Å². The Labute approximate surface area is 148 Å². The van der Waals surface area contributed by atoms with Crippen LogP contribution in [0.15, 0.2) is 30.3 Å². The van der Waals surface area contributed by atoms with Crippen molar-refractivity contribution in [3.63, 3.8) is 0 Å². The van der Waals surface area contributed by atoms with Gasteiger partial charge >= 0.3 is 0 Å². The average molecular weight is 379 g/mol. The number of fused-ring (bicyclic) bond motifs is 1. The number of rotatable bonds is 10. The van der Waals surface area contributed by atoms with Gasteiger partial charge in [-0.15, -0.1) is 0 Å². The molecule has 0 aromatic heterocycles. The van der Waals surface area contributed by atoms with Gasteiger partial charge in [-0.25, -0.2) is 0 Å². The molecule has 3 heteroatoms. The number of hydrogen-bond acceptors (Lipinski definition) is 2. The molecule has 0 aliphatic carbocycles. The zero-order valence-electron chi connectivity index (χ0n) is 14.2. The van der Waals surface area contributed by atoms with Crippen LogP contribution in [0.25, 0.3) is 10.8 Å². The highest BCUT2D eigenvalue weighted by atomic mass is 79.9. The van der Waals surface area contributed by atoms with Crippen molar-refractivity contribution in [1.29, 1.82) is 0 Å². The first kappa shape index (κ1) is 18.1. The first-order chi connectivity index (χ1) is 11.3. The summed E-state index contributed by atoms with van der Waals surface area (Å²) >= 11 is 3.47. The minimum Gasteiger partial charge on any atom is -0.496 e. The van der Waals surface area contributed by atoms with Crippen molar-refractivity contribution in [3.05, 3.63) is 35.9 Å². The molecule has 0 aliphatic rings. The predicted molar refractivity (Wildman–Crippen MR) is 102 cm³/mol. The van der Waals surface area contributed by atoms with Crippen molar-refractivity contribution < 1.29 is 9.47 Å². The lowest BCUT2D eigenvalue weighted by atomic mass is 10.0. The molecule has 23 heavy (non-hydrogen) atoms. The maximum atomic E-state index is 5.90. The quantitative estimate of drug-likeness (QED) is 0.358. The van der Waals surface area contributed by atoms with Crippen molar-refractivity contribution in [3.8, 4) is 11.5 Å². The Morgan fingerprint density at radius 3 is 2.39 bits per heavy atom. The Hall–Kier alpha value is -1.22. The second-order valence-electron chi connectivity index (χ2n) is 5.93. The summed E-state index contributed by atoms with van der Waals surface area (Å²) in [7, 11) is 1.71. The van der Waals surface area contributed by atoms with Crippen LogP contribution in [0.4, 0.5) is 0 Å². The van der Waals surface area contributed by atoms with Crippen molar-refractivity contribution in [2.75, 3.05) is 19.0 Å². The number of methoxy groups -OCH3 is 1. The molecular weight excluding hydrogens is 352 g/mol. The molecule has 0 fully saturated rings. The monoisotopic (exact) mass is 378 g/mol. The molecule has 0 amide bonds. The van der Waals surface area contributed by atoms with Gasteiger partial charge in [0.2, 0.25) is 0 Å². The van der Waals surface area contributed by atoms with E-state index in [0.29, 0.717) is 0 Å². The fraction of sp³-hybridized carbons (Fsp3) is 0.500. The molecule has 2 nitrogen and oxygen atoms in total. The topological polar surface area (TPSA) is 18.5 Å². The first-order valence-electron chi connectivity index (χ1n) is 8.52. The molecule has 0 saturated carbocycles. The van der Waals surface area contributed by atoms with Gasteiger partial charge in [-0.3, -0.25) is 0 Å². The van der Waals surface area contributed by atoms with Gasteiger partial charge in [0, 0.05) is 5.33 Å². The molecule has 0 atom stereocenters. The van der Waals surface area contributed by atoms with E-state index in [1.54, 1.807) is 7.11 Å². The van der Waals surface area contributed by atoms with Gasteiger partial charge in [0.25, 0.3) is 0 Å². The lowest BCUT2D eigenvalue weighted by molar-refractivity contribution is 0.305. The Kier molecular flexibility index (Phi) is 7.73. The van der Waals surface area contributed by atoms with Crippen molar-refractivity contribution >= 4 is 26.7 Å². The smallest absolute Gasteiger partial charge is 0.122 e. The molecule has 0 heterocycles. The molecule has 2 aromatic carbocycles. The van der Waals surface area contributed by atoms with Gasteiger partial charge in [-0.2, -0.15) is 0 Å². The van der Waals surface area contributed by atoms with Gasteiger partial charge < -0.3 is 9.47 Å². The van der Waals surface area contributed by atoms with Crippen LogP contribution in [0.3, 0.4) is 0 Å². The molecular formula is C20H27BrO2. The maximum Gasteiger partial charge on any atom is 0.122 e. The number of halogens is 1. The summed E-state index contributed by atoms with van der Waals surface area (Å²) in [6.07, 6.45) is 7.66. The van der Waals surface area contributed by atoms with Crippen LogP contribution in [-0.2, 0) is 0 Å². The predicted octanol–water partition coefficient (Wildman–Crippen LogP) is 6.27. The highest BCUT2D eigenvalue weighted by Crippen LogP contribution is 2.29. The Morgan fingerprint density at radius 1 is 0.913 bits per heavy atom. The molecule has 126 valence electrons. The largest absolute Gasteiger partial charge is 0.496 e. The summed E-state index contributed by atoms with van der Waals surface area (Å²) in [5.41, 5.74) is 1.18. The Balaban J connectivity index is 1.80. The van der Waals surface area contributed by atoms with Crippen LogP contribution in [0.5, 0.6) is 11.5 Å². The maximum absolute atomic E-state index is 5.90. The normalized spacial score (nSPS) is 10.9. The lowest BCUT2D eigenvalue weighted by Gasteiger charge is -2.11. The third kappa shape index (κ3) is 5.42. The zero-order valence-corrected chi connectivity index (χ0v) is 15.8. The number of unbranched alkanes of at least 4 members (excludes halogenated alkanes) is 5. The van der Waals surface area contributed by atoms with E-state index in [1.165, 1.54) is 48.4 Å². The van der Waals surface area contributed by atoms with E-state index in [2.05, 4.69) is 47.1 Å². The Morgan fingerprint density at radius 2 is 1.65 bits per heavy atom. The van der Waals surface area contributed by atoms with Crippen LogP contribution in [0.2, 0.25) is 0 Å². The van der Waals surface area contributed by atoms with E-state index in [4.69, 9.17) is 9.47 Å². The first-order valence-corrected chi connectivity index (χ1v) is 9.64. The Bertz CT molecular complexity index is 610. The summed E-state index contributed by atoms with van der Waals surface area (Å²) in [5, 5.41) is 3.56. The average Bonchev–Trinajstić information content (AvgIpc) is 2.57. The van der Waals surface area contributed by atoms with E-state index in [-0.39, 0.29) is 0 Å². The van der Waals surface area contributed by atoms with Crippen molar-refractivity contribution in [1.82, 2.24) is 0 Å². The van der Waals surface area contributed by atoms with E-state index in [0.717, 1.165) is 29.9 Å². The number of alkyl halides is 1. The molecule has 2 rings (SSSR count). The summed E-state index contributed by atoms with van der Waals surface area (Å²) in [6.45, 7) is 2.90. The van der Waals surface area contributed by atoms with Gasteiger partial charge in [-0.05, 0) is 54.3 Å². The summed E-state index contributed by atoms with van der Waals surface area (Å²) in [6, 6.07) is 10.4. The minimum absolute atomic E-state index is 0.805. The van der Waals surface area contributed by atoms with Crippen LogP contribution in [-0.4, -0.2) is 19.0 Å². The van der Waals surface area contributed by atoms with Crippen molar-refractivity contribution in [2.45, 2.75) is 45.4 Å². The molecule has 0 saturated heterocycles. The molecule has 0 bridgehead atoms. The van der Waals surface area contributed by atoms with E-state index in [9.17, 15) is 0 Å². The van der Waals surface area contributed by atoms with Gasteiger partial charge in [-0.1, -0.05) is 53.7 Å². The summed E-state index contributed by atoms with van der Waals surface area (Å²) in [5.74, 6) is 1.90. The van der Waals surface area contributed by atoms with Gasteiger partial charge in [0.15, 0.2) is 0 Å². The lowest BCUT2D eigenvalue weighted by Crippen LogP contribution is -1.97. The minimum atomic E-state index is 0.805. The van der Waals surface area contributed by atoms with Crippen molar-refractivity contribution in [2.24, 2.45) is 0 Å². The molecule has 2 aromatic rings. The number of ether oxygens (including phenoxy) is 2. The second kappa shape index (κ2) is 9.82. The van der Waals surface area contributed by atoms with Gasteiger partial charge in [0.05, 0.1) is 13.7 Å². The van der Waals surface area contributed by atoms with Crippen LogP contribution >= 0.6 is 15.9 Å². The molecule has 0 radical (unpaired) electrons. The molecule has 0 spiro atoms. The van der Waals surface area contributed by atoms with Crippen LogP contribution in [0.1, 0.15) is 44.1 Å². The third-order valence-electron chi connectivity index (χ3n) is 4.23. The van der Waals surface area contributed by atoms with Gasteiger partial charge in [0.1, 0.15) is 11.5 Å². The number of hydrogen-bond donors (Lipinski definition) is 0. The number of aryl methyl sites for hydroxylation is 1. The zero-order chi connectivity index (χ0) is 16.5. The third-order valence-corrected chi connectivity index (χ3v) is 4.79. The van der Waals surface area contributed by atoms with E-state index in [1.807, 2.05) is 6.07 Å². The fourth-order valence-electron chi connectivity index (χ4n) is 2.85. The summed E-state index contributed by atoms with van der Waals surface area (Å²) < 4.78 is 11.3. The van der Waals surface area contributed by atoms with E-state index >= 15 is 0 Å². The highest BCUT2D eigenvalue weighted by Gasteiger charge is 2.05. The standard InChI is InChI=1S/C20H27BrO2/c1-16-19-11-10-18(15-17(19)9-12-20(16)22-2)23-14-8-6-4-3-5-7-13-21/h9-12,15H,3-8,13-14H2,1-2H3. The second-order valence-corrected chi connectivity index (χ2v) is 6.73. The highest BCUT2D eigenvalue weighted by molar-refractivity contribution is 9.09. The molecule has 0 unspecified atom stereocenters. The van der Waals surface area contributed by atoms with Crippen LogP contribution in [0, 0.1) is 6.92 Å². The molecule has 0 aliphatic heterocycles. The van der Waals surface area contributed by atoms with Crippen LogP contribution < -0.4 is 9.47 Å².